The molecule has 1 atom stereocenters. The van der Waals surface area contributed by atoms with E-state index in [4.69, 9.17) is 11.6 Å². The van der Waals surface area contributed by atoms with E-state index in [-0.39, 0.29) is 30.7 Å². The lowest BCUT2D eigenvalue weighted by molar-refractivity contribution is -0.122. The van der Waals surface area contributed by atoms with Crippen LogP contribution in [0.5, 0.6) is 0 Å². The average Bonchev–Trinajstić information content (AvgIpc) is 3.04. The molecular formula is C20H19BrClN3O3. The molecular weight excluding hydrogens is 446 g/mol. The van der Waals surface area contributed by atoms with Gasteiger partial charge in [0.15, 0.2) is 0 Å². The normalized spacial score (nSPS) is 16.2. The van der Waals surface area contributed by atoms with Crippen molar-refractivity contribution in [1.82, 2.24) is 4.90 Å². The summed E-state index contributed by atoms with van der Waals surface area (Å²) in [6, 6.07) is 12.1. The second kappa shape index (κ2) is 8.32. The highest BCUT2D eigenvalue weighted by Crippen LogP contribution is 2.29. The molecule has 2 aromatic rings. The van der Waals surface area contributed by atoms with Crippen LogP contribution in [0.25, 0.3) is 0 Å². The molecule has 0 spiro atoms. The van der Waals surface area contributed by atoms with Crippen molar-refractivity contribution in [2.45, 2.75) is 6.42 Å². The van der Waals surface area contributed by atoms with Gasteiger partial charge in [-0.3, -0.25) is 14.4 Å². The number of carbonyl (C=O) groups is 3. The molecule has 2 aromatic carbocycles. The molecule has 8 heteroatoms. The van der Waals surface area contributed by atoms with Crippen LogP contribution in [0, 0.1) is 5.92 Å². The van der Waals surface area contributed by atoms with Gasteiger partial charge in [0, 0.05) is 42.8 Å². The smallest absolute Gasteiger partial charge is 0.253 e. The van der Waals surface area contributed by atoms with Crippen molar-refractivity contribution in [2.75, 3.05) is 30.9 Å². The summed E-state index contributed by atoms with van der Waals surface area (Å²) >= 11 is 9.57. The van der Waals surface area contributed by atoms with Gasteiger partial charge in [-0.05, 0) is 36.4 Å². The Morgan fingerprint density at radius 1 is 1.21 bits per heavy atom. The van der Waals surface area contributed by atoms with E-state index in [0.29, 0.717) is 16.3 Å². The quantitative estimate of drug-likeness (QED) is 0.748. The number of halogens is 2. The van der Waals surface area contributed by atoms with Gasteiger partial charge in [0.1, 0.15) is 0 Å². The number of hydrogen-bond donors (Lipinski definition) is 1. The molecule has 1 aliphatic rings. The molecule has 6 nitrogen and oxygen atoms in total. The van der Waals surface area contributed by atoms with Crippen molar-refractivity contribution in [2.24, 2.45) is 5.92 Å². The molecule has 3 amide bonds. The van der Waals surface area contributed by atoms with Gasteiger partial charge in [0.2, 0.25) is 11.8 Å². The van der Waals surface area contributed by atoms with Crippen molar-refractivity contribution in [1.29, 1.82) is 0 Å². The molecule has 146 valence electrons. The predicted molar refractivity (Wildman–Crippen MR) is 113 cm³/mol. The lowest BCUT2D eigenvalue weighted by Gasteiger charge is -2.17. The molecule has 1 fully saturated rings. The zero-order valence-corrected chi connectivity index (χ0v) is 17.8. The van der Waals surface area contributed by atoms with E-state index >= 15 is 0 Å². The minimum absolute atomic E-state index is 0.110. The Bertz CT molecular complexity index is 948. The number of anilines is 2. The van der Waals surface area contributed by atoms with Crippen molar-refractivity contribution in [3.05, 3.63) is 57.5 Å². The maximum absolute atomic E-state index is 12.7. The van der Waals surface area contributed by atoms with E-state index in [9.17, 15) is 14.4 Å². The molecule has 0 aliphatic carbocycles. The van der Waals surface area contributed by atoms with Gasteiger partial charge < -0.3 is 15.1 Å². The molecule has 0 bridgehead atoms. The first-order chi connectivity index (χ1) is 13.3. The van der Waals surface area contributed by atoms with Crippen molar-refractivity contribution in [3.63, 3.8) is 0 Å². The van der Waals surface area contributed by atoms with Crippen LogP contribution in [0.2, 0.25) is 5.02 Å². The van der Waals surface area contributed by atoms with E-state index in [1.807, 2.05) is 24.3 Å². The number of hydrogen-bond acceptors (Lipinski definition) is 3. The third-order valence-electron chi connectivity index (χ3n) is 4.49. The fourth-order valence-corrected chi connectivity index (χ4v) is 3.58. The SMILES string of the molecule is CN(C)C(=O)c1ccc(Cl)c(NC(=O)C2CC(=O)N(c3cccc(Br)c3)C2)c1. The van der Waals surface area contributed by atoms with Crippen LogP contribution in [0.1, 0.15) is 16.8 Å². The third-order valence-corrected chi connectivity index (χ3v) is 5.32. The maximum atomic E-state index is 12.7. The number of nitrogens with zero attached hydrogens (tertiary/aromatic N) is 2. The zero-order valence-electron chi connectivity index (χ0n) is 15.4. The van der Waals surface area contributed by atoms with Crippen molar-refractivity contribution in [3.8, 4) is 0 Å². The lowest BCUT2D eigenvalue weighted by atomic mass is 10.1. The number of nitrogens with one attached hydrogen (secondary N) is 1. The van der Waals surface area contributed by atoms with Gasteiger partial charge >= 0.3 is 0 Å². The van der Waals surface area contributed by atoms with Gasteiger partial charge in [0.05, 0.1) is 16.6 Å². The van der Waals surface area contributed by atoms with Crippen LogP contribution >= 0.6 is 27.5 Å². The molecule has 3 rings (SSSR count). The molecule has 0 radical (unpaired) electrons. The van der Waals surface area contributed by atoms with Gasteiger partial charge in [-0.1, -0.05) is 33.6 Å². The van der Waals surface area contributed by atoms with Crippen LogP contribution in [-0.4, -0.2) is 43.3 Å². The summed E-state index contributed by atoms with van der Waals surface area (Å²) in [6.07, 6.45) is 0.117. The summed E-state index contributed by atoms with van der Waals surface area (Å²) in [7, 11) is 3.30. The third kappa shape index (κ3) is 4.36. The number of amides is 3. The average molecular weight is 465 g/mol. The first kappa shape index (κ1) is 20.4. The summed E-state index contributed by atoms with van der Waals surface area (Å²) in [5.74, 6) is -1.11. The zero-order chi connectivity index (χ0) is 20.4. The summed E-state index contributed by atoms with van der Waals surface area (Å²) in [4.78, 5) is 40.3. The van der Waals surface area contributed by atoms with Crippen LogP contribution in [0.15, 0.2) is 46.9 Å². The van der Waals surface area contributed by atoms with E-state index in [0.717, 1.165) is 10.2 Å². The Labute approximate surface area is 176 Å². The van der Waals surface area contributed by atoms with E-state index in [1.165, 1.54) is 4.90 Å². The number of carbonyl (C=O) groups excluding carboxylic acids is 3. The summed E-state index contributed by atoms with van der Waals surface area (Å²) in [6.45, 7) is 0.287. The highest BCUT2D eigenvalue weighted by atomic mass is 79.9. The summed E-state index contributed by atoms with van der Waals surface area (Å²) in [5, 5.41) is 3.09. The Hall–Kier alpha value is -2.38. The largest absolute Gasteiger partial charge is 0.345 e. The Balaban J connectivity index is 1.74. The molecule has 1 unspecified atom stereocenters. The minimum Gasteiger partial charge on any atom is -0.345 e. The molecule has 1 N–H and O–H groups in total. The Morgan fingerprint density at radius 3 is 2.64 bits per heavy atom. The van der Waals surface area contributed by atoms with Crippen LogP contribution in [0.3, 0.4) is 0 Å². The van der Waals surface area contributed by atoms with E-state index in [2.05, 4.69) is 21.2 Å². The highest BCUT2D eigenvalue weighted by Gasteiger charge is 2.35. The van der Waals surface area contributed by atoms with Gasteiger partial charge in [-0.15, -0.1) is 0 Å². The minimum atomic E-state index is -0.504. The van der Waals surface area contributed by atoms with Crippen molar-refractivity contribution >= 4 is 56.6 Å². The summed E-state index contributed by atoms with van der Waals surface area (Å²) < 4.78 is 0.861. The van der Waals surface area contributed by atoms with Crippen LogP contribution in [0.4, 0.5) is 11.4 Å². The Kier molecular flexibility index (Phi) is 6.05. The first-order valence-corrected chi connectivity index (χ1v) is 9.81. The Morgan fingerprint density at radius 2 is 1.96 bits per heavy atom. The second-order valence-electron chi connectivity index (χ2n) is 6.77. The molecule has 0 saturated carbocycles. The van der Waals surface area contributed by atoms with Crippen molar-refractivity contribution < 1.29 is 14.4 Å². The molecule has 1 aliphatic heterocycles. The molecule has 0 aromatic heterocycles. The lowest BCUT2D eigenvalue weighted by Crippen LogP contribution is -2.28. The standard InChI is InChI=1S/C20H19BrClN3O3/c1-24(2)20(28)12-6-7-16(22)17(8-12)23-19(27)13-9-18(26)25(11-13)15-5-3-4-14(21)10-15/h3-8,10,13H,9,11H2,1-2H3,(H,23,27). The van der Waals surface area contributed by atoms with E-state index < -0.39 is 5.92 Å². The molecule has 1 heterocycles. The highest BCUT2D eigenvalue weighted by molar-refractivity contribution is 9.10. The fraction of sp³-hybridized carbons (Fsp3) is 0.250. The van der Waals surface area contributed by atoms with Gasteiger partial charge in [-0.2, -0.15) is 0 Å². The number of rotatable bonds is 4. The molecule has 28 heavy (non-hydrogen) atoms. The van der Waals surface area contributed by atoms with Crippen LogP contribution in [-0.2, 0) is 9.59 Å². The van der Waals surface area contributed by atoms with Crippen LogP contribution < -0.4 is 10.2 Å². The monoisotopic (exact) mass is 463 g/mol. The second-order valence-corrected chi connectivity index (χ2v) is 8.09. The first-order valence-electron chi connectivity index (χ1n) is 8.64. The van der Waals surface area contributed by atoms with Gasteiger partial charge in [-0.25, -0.2) is 0 Å². The van der Waals surface area contributed by atoms with Gasteiger partial charge in [0.25, 0.3) is 5.91 Å². The topological polar surface area (TPSA) is 69.7 Å². The number of benzene rings is 2. The predicted octanol–water partition coefficient (Wildman–Crippen LogP) is 3.80. The summed E-state index contributed by atoms with van der Waals surface area (Å²) in [5.41, 5.74) is 1.52. The molecule has 1 saturated heterocycles. The maximum Gasteiger partial charge on any atom is 0.253 e. The van der Waals surface area contributed by atoms with E-state index in [1.54, 1.807) is 37.2 Å². The fourth-order valence-electron chi connectivity index (χ4n) is 3.02.